The molecule has 1 aliphatic carbocycles. The molecule has 34 heavy (non-hydrogen) atoms. The summed E-state index contributed by atoms with van der Waals surface area (Å²) < 4.78 is 67.9. The van der Waals surface area contributed by atoms with Crippen molar-refractivity contribution in [2.24, 2.45) is 5.92 Å². The fourth-order valence-electron chi connectivity index (χ4n) is 4.05. The molecule has 0 amide bonds. The van der Waals surface area contributed by atoms with Crippen LogP contribution in [0.5, 0.6) is 0 Å². The van der Waals surface area contributed by atoms with E-state index in [1.54, 1.807) is 18.2 Å². The van der Waals surface area contributed by atoms with Gasteiger partial charge in [-0.3, -0.25) is 4.18 Å². The normalized spacial score (nSPS) is 17.2. The van der Waals surface area contributed by atoms with E-state index in [9.17, 15) is 21.6 Å². The van der Waals surface area contributed by atoms with Gasteiger partial charge in [0.2, 0.25) is 0 Å². The van der Waals surface area contributed by atoms with Crippen LogP contribution >= 0.6 is 0 Å². The Morgan fingerprint density at radius 3 is 1.85 bits per heavy atom. The minimum Gasteiger partial charge on any atom is -0.250 e. The molecular formula is C27H33F3O3S. The Balaban J connectivity index is 2.24. The third kappa shape index (κ3) is 5.10. The van der Waals surface area contributed by atoms with E-state index in [1.165, 1.54) is 0 Å². The smallest absolute Gasteiger partial charge is 0.250 e. The first-order valence-corrected chi connectivity index (χ1v) is 12.7. The Labute approximate surface area is 201 Å². The molecule has 0 spiro atoms. The summed E-state index contributed by atoms with van der Waals surface area (Å²) >= 11 is 0. The second kappa shape index (κ2) is 8.52. The summed E-state index contributed by atoms with van der Waals surface area (Å²) in [5.41, 5.74) is -0.0328. The molecule has 2 aromatic carbocycles. The van der Waals surface area contributed by atoms with Crippen molar-refractivity contribution in [2.75, 3.05) is 0 Å². The van der Waals surface area contributed by atoms with Gasteiger partial charge in [-0.15, -0.1) is 0 Å². The number of alkyl halides is 3. The molecule has 0 bridgehead atoms. The number of rotatable bonds is 4. The highest BCUT2D eigenvalue weighted by atomic mass is 32.2. The monoisotopic (exact) mass is 494 g/mol. The lowest BCUT2D eigenvalue weighted by Crippen LogP contribution is -2.27. The van der Waals surface area contributed by atoms with Crippen LogP contribution in [0.25, 0.3) is 17.2 Å². The summed E-state index contributed by atoms with van der Waals surface area (Å²) in [4.78, 5) is 0. The Morgan fingerprint density at radius 2 is 1.41 bits per heavy atom. The summed E-state index contributed by atoms with van der Waals surface area (Å²) in [7, 11) is -5.76. The molecule has 0 heterocycles. The van der Waals surface area contributed by atoms with Crippen molar-refractivity contribution < 1.29 is 25.8 Å². The summed E-state index contributed by atoms with van der Waals surface area (Å²) in [6.45, 7) is 16.4. The van der Waals surface area contributed by atoms with Gasteiger partial charge in [0.05, 0.1) is 0 Å². The van der Waals surface area contributed by atoms with Gasteiger partial charge in [0, 0.05) is 0 Å². The van der Waals surface area contributed by atoms with E-state index in [0.717, 1.165) is 22.3 Å². The van der Waals surface area contributed by atoms with Gasteiger partial charge in [0.25, 0.3) is 0 Å². The van der Waals surface area contributed by atoms with Gasteiger partial charge in [-0.25, -0.2) is 0 Å². The topological polar surface area (TPSA) is 43.4 Å². The largest absolute Gasteiger partial charge is 0.523 e. The van der Waals surface area contributed by atoms with Crippen molar-refractivity contribution in [3.63, 3.8) is 0 Å². The third-order valence-electron chi connectivity index (χ3n) is 6.19. The molecule has 0 aromatic heterocycles. The fraction of sp³-hybridized carbons (Fsp3) is 0.481. The van der Waals surface area contributed by atoms with E-state index < -0.39 is 21.7 Å². The van der Waals surface area contributed by atoms with E-state index in [4.69, 9.17) is 4.18 Å². The van der Waals surface area contributed by atoms with Crippen LogP contribution in [-0.2, 0) is 25.1 Å². The van der Waals surface area contributed by atoms with Crippen LogP contribution in [-0.4, -0.2) is 13.9 Å². The predicted octanol–water partition coefficient (Wildman–Crippen LogP) is 7.91. The average molecular weight is 495 g/mol. The second-order valence-electron chi connectivity index (χ2n) is 11.3. The number of fused-ring (bicyclic) bond motifs is 1. The van der Waals surface area contributed by atoms with Gasteiger partial charge in [0.1, 0.15) is 6.10 Å². The first kappa shape index (κ1) is 26.5. The molecule has 1 unspecified atom stereocenters. The molecule has 0 aliphatic heterocycles. The van der Waals surface area contributed by atoms with E-state index in [-0.39, 0.29) is 16.7 Å². The zero-order valence-corrected chi connectivity index (χ0v) is 21.8. The molecule has 0 fully saturated rings. The Kier molecular flexibility index (Phi) is 6.64. The van der Waals surface area contributed by atoms with Gasteiger partial charge in [-0.05, 0) is 55.7 Å². The highest BCUT2D eigenvalue weighted by molar-refractivity contribution is 7.87. The Hall–Kier alpha value is -2.12. The first-order valence-electron chi connectivity index (χ1n) is 11.3. The van der Waals surface area contributed by atoms with Crippen molar-refractivity contribution in [3.8, 4) is 11.1 Å². The lowest BCUT2D eigenvalue weighted by atomic mass is 9.78. The molecule has 1 aliphatic rings. The molecule has 3 rings (SSSR count). The van der Waals surface area contributed by atoms with Crippen LogP contribution in [0.1, 0.15) is 83.7 Å². The summed E-state index contributed by atoms with van der Waals surface area (Å²) in [6.07, 6.45) is 0.473. The standard InChI is InChI=1S/C27H33F3O3S/c1-16(2)22-15-23-20(10-9-11-21(23)24(22)33-34(31,32)27(28,29)30)17-12-18(25(3,4)5)14-19(13-17)26(6,7)8/h9-16,24H,1-8H3. The molecule has 0 saturated carbocycles. The lowest BCUT2D eigenvalue weighted by molar-refractivity contribution is -0.0564. The van der Waals surface area contributed by atoms with Crippen LogP contribution in [0.4, 0.5) is 13.2 Å². The summed E-state index contributed by atoms with van der Waals surface area (Å²) in [5.74, 6) is -0.209. The summed E-state index contributed by atoms with van der Waals surface area (Å²) in [5, 5.41) is 0. The van der Waals surface area contributed by atoms with Gasteiger partial charge < -0.3 is 0 Å². The molecule has 0 N–H and O–H groups in total. The van der Waals surface area contributed by atoms with Crippen molar-refractivity contribution in [1.29, 1.82) is 0 Å². The summed E-state index contributed by atoms with van der Waals surface area (Å²) in [6, 6.07) is 11.7. The fourth-order valence-corrected chi connectivity index (χ4v) is 4.63. The van der Waals surface area contributed by atoms with Crippen molar-refractivity contribution in [3.05, 3.63) is 64.2 Å². The molecule has 3 nitrogen and oxygen atoms in total. The van der Waals surface area contributed by atoms with Gasteiger partial charge in [-0.2, -0.15) is 21.6 Å². The number of benzene rings is 2. The van der Waals surface area contributed by atoms with Gasteiger partial charge in [-0.1, -0.05) is 97.9 Å². The molecule has 186 valence electrons. The Bertz CT molecular complexity index is 1190. The third-order valence-corrected chi connectivity index (χ3v) is 7.20. The van der Waals surface area contributed by atoms with Gasteiger partial charge in [0.15, 0.2) is 0 Å². The lowest BCUT2D eigenvalue weighted by Gasteiger charge is -2.26. The number of halogens is 3. The zero-order chi connectivity index (χ0) is 25.9. The van der Waals surface area contributed by atoms with E-state index in [0.29, 0.717) is 16.7 Å². The highest BCUT2D eigenvalue weighted by Crippen LogP contribution is 2.47. The molecule has 0 radical (unpaired) electrons. The van der Waals surface area contributed by atoms with Crippen LogP contribution in [0.3, 0.4) is 0 Å². The van der Waals surface area contributed by atoms with Crippen LogP contribution in [0.15, 0.2) is 42.0 Å². The minimum absolute atomic E-state index is 0.112. The predicted molar refractivity (Wildman–Crippen MR) is 131 cm³/mol. The number of hydrogen-bond donors (Lipinski definition) is 0. The quantitative estimate of drug-likeness (QED) is 0.320. The van der Waals surface area contributed by atoms with Crippen LogP contribution in [0, 0.1) is 5.92 Å². The van der Waals surface area contributed by atoms with Gasteiger partial charge >= 0.3 is 15.6 Å². The highest BCUT2D eigenvalue weighted by Gasteiger charge is 2.50. The van der Waals surface area contributed by atoms with Crippen molar-refractivity contribution >= 4 is 16.2 Å². The molecule has 7 heteroatoms. The second-order valence-corrected chi connectivity index (χ2v) is 12.8. The van der Waals surface area contributed by atoms with Crippen molar-refractivity contribution in [2.45, 2.75) is 77.8 Å². The number of hydrogen-bond acceptors (Lipinski definition) is 3. The zero-order valence-electron chi connectivity index (χ0n) is 21.0. The minimum atomic E-state index is -5.76. The van der Waals surface area contributed by atoms with Crippen molar-refractivity contribution in [1.82, 2.24) is 0 Å². The average Bonchev–Trinajstić information content (AvgIpc) is 3.03. The molecule has 1 atom stereocenters. The van der Waals surface area contributed by atoms with E-state index >= 15 is 0 Å². The van der Waals surface area contributed by atoms with E-state index in [2.05, 4.69) is 59.7 Å². The van der Waals surface area contributed by atoms with Crippen LogP contribution < -0.4 is 0 Å². The SMILES string of the molecule is CC(C)C1=Cc2c(-c3cc(C(C)(C)C)cc(C(C)(C)C)c3)cccc2C1OS(=O)(=O)C(F)(F)F. The maximum atomic E-state index is 13.1. The maximum absolute atomic E-state index is 13.1. The molecule has 0 saturated heterocycles. The van der Waals surface area contributed by atoms with E-state index in [1.807, 2.05) is 19.9 Å². The van der Waals surface area contributed by atoms with Crippen LogP contribution in [0.2, 0.25) is 0 Å². The molecular weight excluding hydrogens is 461 g/mol. The first-order chi connectivity index (χ1) is 15.3. The molecule has 2 aromatic rings. The Morgan fingerprint density at radius 1 is 0.882 bits per heavy atom. The maximum Gasteiger partial charge on any atom is 0.523 e.